The van der Waals surface area contributed by atoms with E-state index < -0.39 is 11.6 Å². The molecule has 0 fully saturated rings. The van der Waals surface area contributed by atoms with Crippen LogP contribution in [0.5, 0.6) is 11.5 Å². The molecule has 0 bridgehead atoms. The minimum Gasteiger partial charge on any atom is -0.495 e. The zero-order valence-corrected chi connectivity index (χ0v) is 25.3. The van der Waals surface area contributed by atoms with Gasteiger partial charge in [0.1, 0.15) is 17.0 Å². The van der Waals surface area contributed by atoms with Crippen LogP contribution < -0.4 is 25.8 Å². The number of carbonyl (C=O) groups is 2. The fourth-order valence-electron chi connectivity index (χ4n) is 4.70. The Morgan fingerprint density at radius 3 is 2.57 bits per heavy atom. The summed E-state index contributed by atoms with van der Waals surface area (Å²) in [7, 11) is 1.52. The largest absolute Gasteiger partial charge is 0.495 e. The van der Waals surface area contributed by atoms with Gasteiger partial charge in [0.05, 0.1) is 19.4 Å². The number of rotatable bonds is 14. The minimum absolute atomic E-state index is 0.0570. The van der Waals surface area contributed by atoms with Crippen molar-refractivity contribution < 1.29 is 19.1 Å². The van der Waals surface area contributed by atoms with E-state index in [0.717, 1.165) is 25.7 Å². The van der Waals surface area contributed by atoms with E-state index in [1.807, 2.05) is 24.4 Å². The number of nitrogens with one attached hydrogen (secondary N) is 3. The number of hydrogen-bond acceptors (Lipinski definition) is 9. The first-order valence-electron chi connectivity index (χ1n) is 14.4. The van der Waals surface area contributed by atoms with Gasteiger partial charge in [0.15, 0.2) is 22.3 Å². The van der Waals surface area contributed by atoms with Crippen molar-refractivity contribution in [2.45, 2.75) is 39.0 Å². The number of thiazole rings is 1. The number of methoxy groups -OCH3 is 1. The van der Waals surface area contributed by atoms with Crippen molar-refractivity contribution >= 4 is 39.4 Å². The highest BCUT2D eigenvalue weighted by atomic mass is 32.1. The molecule has 0 saturated heterocycles. The molecule has 0 radical (unpaired) electrons. The molecule has 0 saturated carbocycles. The molecule has 0 unspecified atom stereocenters. The van der Waals surface area contributed by atoms with E-state index >= 15 is 0 Å². The maximum atomic E-state index is 13.5. The molecule has 5 aromatic rings. The summed E-state index contributed by atoms with van der Waals surface area (Å²) in [6.07, 6.45) is 5.20. The van der Waals surface area contributed by atoms with Crippen LogP contribution in [0.2, 0.25) is 0 Å². The third-order valence-corrected chi connectivity index (χ3v) is 7.48. The van der Waals surface area contributed by atoms with Crippen LogP contribution in [0.4, 0.5) is 5.13 Å². The summed E-state index contributed by atoms with van der Waals surface area (Å²) in [4.78, 5) is 54.9. The average Bonchev–Trinajstić information content (AvgIpc) is 3.67. The molecule has 3 heterocycles. The second kappa shape index (κ2) is 14.4. The van der Waals surface area contributed by atoms with Gasteiger partial charge in [-0.1, -0.05) is 25.0 Å². The lowest BCUT2D eigenvalue weighted by molar-refractivity contribution is -0.116. The quantitative estimate of drug-likeness (QED) is 0.148. The Kier molecular flexibility index (Phi) is 9.97. The lowest BCUT2D eigenvalue weighted by atomic mass is 10.1. The van der Waals surface area contributed by atoms with Gasteiger partial charge in [-0.25, -0.2) is 24.3 Å². The van der Waals surface area contributed by atoms with Crippen molar-refractivity contribution in [3.05, 3.63) is 76.3 Å². The van der Waals surface area contributed by atoms with Crippen LogP contribution in [-0.2, 0) is 4.79 Å². The number of amides is 2. The van der Waals surface area contributed by atoms with Gasteiger partial charge < -0.3 is 25.1 Å². The normalized spacial score (nSPS) is 11.0. The summed E-state index contributed by atoms with van der Waals surface area (Å²) in [6.45, 7) is 2.84. The lowest BCUT2D eigenvalue weighted by Gasteiger charge is -2.11. The van der Waals surface area contributed by atoms with E-state index in [9.17, 15) is 14.4 Å². The minimum atomic E-state index is -0.476. The highest BCUT2D eigenvalue weighted by Crippen LogP contribution is 2.27. The topological polar surface area (TPSA) is 153 Å². The molecule has 13 heteroatoms. The van der Waals surface area contributed by atoms with Gasteiger partial charge in [0, 0.05) is 30.1 Å². The van der Waals surface area contributed by atoms with Gasteiger partial charge in [-0.15, -0.1) is 11.3 Å². The Balaban J connectivity index is 1.33. The second-order valence-electron chi connectivity index (χ2n) is 9.79. The molecular weight excluding hydrogens is 582 g/mol. The predicted molar refractivity (Wildman–Crippen MR) is 169 cm³/mol. The van der Waals surface area contributed by atoms with Crippen LogP contribution in [0.1, 0.15) is 49.5 Å². The average molecular weight is 616 g/mol. The molecule has 0 aliphatic rings. The van der Waals surface area contributed by atoms with Crippen LogP contribution in [0.15, 0.2) is 64.9 Å². The van der Waals surface area contributed by atoms with Gasteiger partial charge in [0.25, 0.3) is 5.91 Å². The molecule has 44 heavy (non-hydrogen) atoms. The molecule has 5 rings (SSSR count). The van der Waals surface area contributed by atoms with E-state index in [1.165, 1.54) is 23.0 Å². The van der Waals surface area contributed by atoms with Crippen LogP contribution >= 0.6 is 11.3 Å². The smallest absolute Gasteiger partial charge is 0.332 e. The predicted octanol–water partition coefficient (Wildman–Crippen LogP) is 4.96. The summed E-state index contributed by atoms with van der Waals surface area (Å²) in [6, 6.07) is 14.3. The molecule has 0 spiro atoms. The molecule has 3 N–H and O–H groups in total. The number of hydrogen-bond donors (Lipinski definition) is 3. The molecule has 2 amide bonds. The lowest BCUT2D eigenvalue weighted by Crippen LogP contribution is -2.26. The Morgan fingerprint density at radius 2 is 1.82 bits per heavy atom. The fourth-order valence-corrected chi connectivity index (χ4v) is 5.24. The van der Waals surface area contributed by atoms with Crippen LogP contribution in [0, 0.1) is 0 Å². The van der Waals surface area contributed by atoms with Gasteiger partial charge in [0.2, 0.25) is 5.91 Å². The number of nitrogens with zero attached hydrogens (tertiary/aromatic N) is 4. The number of imidazole rings is 1. The zero-order chi connectivity index (χ0) is 30.9. The monoisotopic (exact) mass is 615 g/mol. The first-order chi connectivity index (χ1) is 21.5. The summed E-state index contributed by atoms with van der Waals surface area (Å²) in [5.41, 5.74) is 1.19. The van der Waals surface area contributed by atoms with E-state index in [2.05, 4.69) is 25.6 Å². The second-order valence-corrected chi connectivity index (χ2v) is 10.7. The van der Waals surface area contributed by atoms with Gasteiger partial charge in [-0.3, -0.25) is 9.59 Å². The fraction of sp³-hybridized carbons (Fsp3) is 0.290. The molecule has 2 aromatic carbocycles. The summed E-state index contributed by atoms with van der Waals surface area (Å²) in [5, 5.41) is 8.11. The van der Waals surface area contributed by atoms with Gasteiger partial charge >= 0.3 is 5.69 Å². The first-order valence-corrected chi connectivity index (χ1v) is 15.2. The van der Waals surface area contributed by atoms with E-state index in [1.54, 1.807) is 42.6 Å². The number of fused-ring (bicyclic) bond motifs is 1. The van der Waals surface area contributed by atoms with Crippen LogP contribution in [-0.4, -0.2) is 56.6 Å². The van der Waals surface area contributed by atoms with E-state index in [4.69, 9.17) is 14.5 Å². The van der Waals surface area contributed by atoms with Crippen LogP contribution in [0.25, 0.3) is 28.2 Å². The van der Waals surface area contributed by atoms with Crippen molar-refractivity contribution in [3.63, 3.8) is 0 Å². The maximum Gasteiger partial charge on any atom is 0.332 e. The third kappa shape index (κ3) is 7.11. The van der Waals surface area contributed by atoms with E-state index in [0.29, 0.717) is 47.5 Å². The van der Waals surface area contributed by atoms with Gasteiger partial charge in [-0.05, 0) is 56.2 Å². The van der Waals surface area contributed by atoms with Crippen molar-refractivity contribution in [1.29, 1.82) is 0 Å². The maximum absolute atomic E-state index is 13.5. The third-order valence-electron chi connectivity index (χ3n) is 6.80. The highest BCUT2D eigenvalue weighted by molar-refractivity contribution is 7.13. The number of carbonyl (C=O) groups excluding carboxylic acids is 2. The number of benzene rings is 2. The highest BCUT2D eigenvalue weighted by Gasteiger charge is 2.23. The number of H-pyrrole nitrogens is 1. The Labute approximate surface area is 257 Å². The SMILES string of the molecule is CCOc1ccc(-c2nc(C(=O)NCCCCCCC(=O)Nc3nccs3)c3[nH]c(=O)n(-c4ccccc4OC)c3n2)cc1. The molecule has 3 aromatic heterocycles. The standard InChI is InChI=1S/C31H33N7O5S/c1-3-43-21-15-13-20(14-16-21)27-35-26(25-28(37-27)38(31(41)36-25)22-10-7-8-11-23(22)42-2)29(40)32-17-9-5-4-6-12-24(39)34-30-33-18-19-44-30/h7-8,10-11,13-16,18-19H,3-6,9,12,17H2,1-2H3,(H,32,40)(H,36,41)(H,33,34,39). The number of aromatic amines is 1. The number of ether oxygens (including phenoxy) is 2. The summed E-state index contributed by atoms with van der Waals surface area (Å²) >= 11 is 1.38. The Bertz CT molecular complexity index is 1780. The molecule has 0 aliphatic carbocycles. The van der Waals surface area contributed by atoms with Gasteiger partial charge in [-0.2, -0.15) is 0 Å². The van der Waals surface area contributed by atoms with Crippen molar-refractivity contribution in [3.8, 4) is 28.6 Å². The van der Waals surface area contributed by atoms with Crippen LogP contribution in [0.3, 0.4) is 0 Å². The summed E-state index contributed by atoms with van der Waals surface area (Å²) < 4.78 is 12.4. The van der Waals surface area contributed by atoms with Crippen molar-refractivity contribution in [1.82, 2.24) is 29.8 Å². The molecule has 12 nitrogen and oxygen atoms in total. The number of unbranched alkanes of at least 4 members (excludes halogenated alkanes) is 3. The summed E-state index contributed by atoms with van der Waals surface area (Å²) in [5.74, 6) is 0.968. The number of anilines is 1. The Morgan fingerprint density at radius 1 is 1.02 bits per heavy atom. The first kappa shape index (κ1) is 30.4. The molecular formula is C31H33N7O5S. The Hall–Kier alpha value is -5.04. The molecule has 0 aliphatic heterocycles. The van der Waals surface area contributed by atoms with E-state index in [-0.39, 0.29) is 28.6 Å². The number of aromatic nitrogens is 5. The van der Waals surface area contributed by atoms with Crippen molar-refractivity contribution in [2.75, 3.05) is 25.6 Å². The molecule has 228 valence electrons. The zero-order valence-electron chi connectivity index (χ0n) is 24.5. The molecule has 0 atom stereocenters. The van der Waals surface area contributed by atoms with Crippen molar-refractivity contribution in [2.24, 2.45) is 0 Å². The number of para-hydroxylation sites is 2.